The van der Waals surface area contributed by atoms with Gasteiger partial charge in [0, 0.05) is 19.3 Å². The van der Waals surface area contributed by atoms with Crippen molar-refractivity contribution in [3.63, 3.8) is 0 Å². The van der Waals surface area contributed by atoms with Crippen LogP contribution in [0, 0.1) is 0 Å². The molecule has 0 saturated heterocycles. The van der Waals surface area contributed by atoms with Gasteiger partial charge in [-0.2, -0.15) is 0 Å². The van der Waals surface area contributed by atoms with E-state index in [2.05, 4.69) is 57.2 Å². The molecule has 0 aliphatic rings. The topological polar surface area (TPSA) is 78.9 Å². The van der Waals surface area contributed by atoms with E-state index in [0.717, 1.165) is 77.0 Å². The summed E-state index contributed by atoms with van der Waals surface area (Å²) in [6.07, 6.45) is 87.5. The van der Waals surface area contributed by atoms with Gasteiger partial charge in [0.15, 0.2) is 6.10 Å². The number of hydrogen-bond acceptors (Lipinski definition) is 6. The third-order valence-corrected chi connectivity index (χ3v) is 16.6. The van der Waals surface area contributed by atoms with Crippen LogP contribution in [0.4, 0.5) is 0 Å². The molecule has 0 N–H and O–H groups in total. The van der Waals surface area contributed by atoms with E-state index in [-0.39, 0.29) is 31.1 Å². The molecule has 0 heterocycles. The maximum Gasteiger partial charge on any atom is 0.306 e. The number of carbonyl (C=O) groups excluding carboxylic acids is 3. The molecule has 1 unspecified atom stereocenters. The maximum atomic E-state index is 13.0. The van der Waals surface area contributed by atoms with Crippen LogP contribution in [0.25, 0.3) is 0 Å². The van der Waals surface area contributed by atoms with E-state index in [0.29, 0.717) is 19.3 Å². The van der Waals surface area contributed by atoms with E-state index in [1.54, 1.807) is 0 Å². The van der Waals surface area contributed by atoms with Gasteiger partial charge in [-0.15, -0.1) is 0 Å². The minimum absolute atomic E-state index is 0.0720. The molecule has 6 nitrogen and oxygen atoms in total. The van der Waals surface area contributed by atoms with E-state index < -0.39 is 6.10 Å². The van der Waals surface area contributed by atoms with Gasteiger partial charge in [-0.3, -0.25) is 14.4 Å². The molecule has 0 aromatic rings. The lowest BCUT2D eigenvalue weighted by Gasteiger charge is -2.18. The fraction of sp³-hybridized carbons (Fsp3) is 0.880. The second-order valence-electron chi connectivity index (χ2n) is 24.9. The average molecular weight is 1140 g/mol. The summed E-state index contributed by atoms with van der Waals surface area (Å²) in [6, 6.07) is 0. The summed E-state index contributed by atoms with van der Waals surface area (Å²) in [7, 11) is 0. The smallest absolute Gasteiger partial charge is 0.306 e. The second kappa shape index (κ2) is 70.1. The molecule has 0 radical (unpaired) electrons. The lowest BCUT2D eigenvalue weighted by atomic mass is 10.0. The van der Waals surface area contributed by atoms with Gasteiger partial charge < -0.3 is 14.2 Å². The van der Waals surface area contributed by atoms with Crippen molar-refractivity contribution in [3.05, 3.63) is 36.5 Å². The Morgan fingerprint density at radius 1 is 0.247 bits per heavy atom. The minimum Gasteiger partial charge on any atom is -0.462 e. The molecule has 0 amide bonds. The zero-order valence-corrected chi connectivity index (χ0v) is 54.8. The second-order valence-corrected chi connectivity index (χ2v) is 24.9. The summed E-state index contributed by atoms with van der Waals surface area (Å²) in [5.74, 6) is -0.857. The zero-order chi connectivity index (χ0) is 58.5. The summed E-state index contributed by atoms with van der Waals surface area (Å²) < 4.78 is 17.0. The Balaban J connectivity index is 4.26. The molecule has 1 atom stereocenters. The molecule has 0 rings (SSSR count). The van der Waals surface area contributed by atoms with Gasteiger partial charge in [0.05, 0.1) is 0 Å². The van der Waals surface area contributed by atoms with Crippen molar-refractivity contribution in [2.75, 3.05) is 13.2 Å². The molecule has 476 valence electrons. The van der Waals surface area contributed by atoms with Crippen LogP contribution in [0.15, 0.2) is 36.5 Å². The Bertz CT molecular complexity index is 1350. The predicted molar refractivity (Wildman–Crippen MR) is 353 cm³/mol. The summed E-state index contributed by atoms with van der Waals surface area (Å²) >= 11 is 0. The van der Waals surface area contributed by atoms with Gasteiger partial charge in [-0.05, 0) is 77.0 Å². The van der Waals surface area contributed by atoms with Gasteiger partial charge in [-0.1, -0.05) is 346 Å². The van der Waals surface area contributed by atoms with E-state index in [1.165, 1.54) is 289 Å². The number of carbonyl (C=O) groups is 3. The van der Waals surface area contributed by atoms with Crippen molar-refractivity contribution in [1.82, 2.24) is 0 Å². The van der Waals surface area contributed by atoms with Crippen LogP contribution in [-0.2, 0) is 28.6 Å². The van der Waals surface area contributed by atoms with E-state index in [1.807, 2.05) is 0 Å². The summed E-state index contributed by atoms with van der Waals surface area (Å²) in [4.78, 5) is 38.5. The molecule has 0 aliphatic carbocycles. The van der Waals surface area contributed by atoms with E-state index in [4.69, 9.17) is 14.2 Å². The number of ether oxygens (including phenoxy) is 3. The largest absolute Gasteiger partial charge is 0.462 e. The van der Waals surface area contributed by atoms with Crippen LogP contribution in [0.3, 0.4) is 0 Å². The van der Waals surface area contributed by atoms with Crippen LogP contribution >= 0.6 is 0 Å². The highest BCUT2D eigenvalue weighted by molar-refractivity contribution is 5.71. The standard InChI is InChI=1S/C75H140O6/c1-4-7-10-13-16-19-22-25-28-30-32-34-36-37-39-40-42-44-47-50-53-56-59-62-65-68-74(77)80-71-72(70-79-73(76)67-64-61-58-55-52-49-46-27-24-21-18-15-12-9-6-3)81-75(78)69-66-63-60-57-54-51-48-45-43-41-38-35-33-31-29-26-23-20-17-14-11-8-5-2/h18,21,27,31,33,46,72H,4-17,19-20,22-26,28-30,32,34-45,47-71H2,1-3H3/b21-18-,33-31-,46-27-. The molecule has 0 aromatic heterocycles. The molecule has 6 heteroatoms. The fourth-order valence-electron chi connectivity index (χ4n) is 11.1. The van der Waals surface area contributed by atoms with Crippen molar-refractivity contribution in [2.45, 2.75) is 412 Å². The average Bonchev–Trinajstić information content (AvgIpc) is 3.47. The molecule has 0 aromatic carbocycles. The number of unbranched alkanes of at least 4 members (excludes halogenated alkanes) is 51. The highest BCUT2D eigenvalue weighted by Gasteiger charge is 2.19. The van der Waals surface area contributed by atoms with Crippen molar-refractivity contribution in [2.24, 2.45) is 0 Å². The molecule has 0 saturated carbocycles. The summed E-state index contributed by atoms with van der Waals surface area (Å²) in [6.45, 7) is 6.68. The third kappa shape index (κ3) is 68.3. The third-order valence-electron chi connectivity index (χ3n) is 16.6. The predicted octanol–water partition coefficient (Wildman–Crippen LogP) is 25.1. The highest BCUT2D eigenvalue weighted by atomic mass is 16.6. The lowest BCUT2D eigenvalue weighted by Crippen LogP contribution is -2.30. The highest BCUT2D eigenvalue weighted by Crippen LogP contribution is 2.19. The Hall–Kier alpha value is -2.37. The summed E-state index contributed by atoms with van der Waals surface area (Å²) in [5.41, 5.74) is 0. The molecule has 81 heavy (non-hydrogen) atoms. The molecule has 0 bridgehead atoms. The van der Waals surface area contributed by atoms with Crippen molar-refractivity contribution in [1.29, 1.82) is 0 Å². The molecule has 0 aliphatic heterocycles. The van der Waals surface area contributed by atoms with Gasteiger partial charge in [-0.25, -0.2) is 0 Å². The first kappa shape index (κ1) is 78.6. The normalized spacial score (nSPS) is 12.2. The number of rotatable bonds is 68. The van der Waals surface area contributed by atoms with Crippen molar-refractivity contribution < 1.29 is 28.6 Å². The van der Waals surface area contributed by atoms with Crippen LogP contribution in [0.1, 0.15) is 406 Å². The first-order valence-electron chi connectivity index (χ1n) is 36.5. The number of allylic oxidation sites excluding steroid dienone is 6. The Morgan fingerprint density at radius 3 is 0.716 bits per heavy atom. The van der Waals surface area contributed by atoms with Crippen LogP contribution in [0.5, 0.6) is 0 Å². The molecule has 0 spiro atoms. The Labute approximate surface area is 506 Å². The first-order valence-corrected chi connectivity index (χ1v) is 36.5. The fourth-order valence-corrected chi connectivity index (χ4v) is 11.1. The zero-order valence-electron chi connectivity index (χ0n) is 54.8. The maximum absolute atomic E-state index is 13.0. The van der Waals surface area contributed by atoms with Crippen LogP contribution in [0.2, 0.25) is 0 Å². The van der Waals surface area contributed by atoms with Crippen LogP contribution in [-0.4, -0.2) is 37.2 Å². The SMILES string of the molecule is CCCCC/C=C\C/C=C\CCCCCCCC(=O)OCC(COC(=O)CCCCCCCCCCCCCCCCCCCCCCCCCCC)OC(=O)CCCCCCCCCCCCC/C=C\CCCCCCCCCC. The summed E-state index contributed by atoms with van der Waals surface area (Å²) in [5, 5.41) is 0. The first-order chi connectivity index (χ1) is 40.0. The van der Waals surface area contributed by atoms with Gasteiger partial charge in [0.25, 0.3) is 0 Å². The minimum atomic E-state index is -0.778. The molecular weight excluding hydrogens is 997 g/mol. The van der Waals surface area contributed by atoms with Gasteiger partial charge in [0.2, 0.25) is 0 Å². The van der Waals surface area contributed by atoms with Crippen molar-refractivity contribution in [3.8, 4) is 0 Å². The van der Waals surface area contributed by atoms with Crippen molar-refractivity contribution >= 4 is 17.9 Å². The Kier molecular flexibility index (Phi) is 68.1. The molecule has 0 fully saturated rings. The molecular formula is C75H140O6. The lowest BCUT2D eigenvalue weighted by molar-refractivity contribution is -0.167. The number of hydrogen-bond donors (Lipinski definition) is 0. The Morgan fingerprint density at radius 2 is 0.444 bits per heavy atom. The monoisotopic (exact) mass is 1140 g/mol. The van der Waals surface area contributed by atoms with E-state index >= 15 is 0 Å². The number of esters is 3. The quantitative estimate of drug-likeness (QED) is 0.0261. The van der Waals surface area contributed by atoms with E-state index in [9.17, 15) is 14.4 Å². The van der Waals surface area contributed by atoms with Gasteiger partial charge >= 0.3 is 17.9 Å². The van der Waals surface area contributed by atoms with Crippen LogP contribution < -0.4 is 0 Å². The van der Waals surface area contributed by atoms with Gasteiger partial charge in [0.1, 0.15) is 13.2 Å².